The fraction of sp³-hybridized carbons (Fsp3) is 0.625. The van der Waals surface area contributed by atoms with E-state index in [2.05, 4.69) is 9.88 Å². The first-order chi connectivity index (χ1) is 21.1. The monoisotopic (exact) mass is 636 g/mol. The average molecular weight is 637 g/mol. The first kappa shape index (κ1) is 32.8. The molecular weight excluding hydrogens is 593 g/mol. The van der Waals surface area contributed by atoms with E-state index in [4.69, 9.17) is 4.74 Å². The third-order valence-corrected chi connectivity index (χ3v) is 11.3. The molecule has 2 aromatic rings. The number of halogens is 3. The second kappa shape index (κ2) is 14.3. The number of carbonyl (C=O) groups excluding carboxylic acids is 1. The number of hydrogen-bond acceptors (Lipinski definition) is 6. The highest BCUT2D eigenvalue weighted by atomic mass is 32.2. The molecule has 3 aliphatic heterocycles. The Kier molecular flexibility index (Phi) is 10.6. The van der Waals surface area contributed by atoms with E-state index < -0.39 is 38.3 Å². The van der Waals surface area contributed by atoms with Crippen LogP contribution in [0.4, 0.5) is 13.2 Å². The lowest BCUT2D eigenvalue weighted by Crippen LogP contribution is -2.50. The molecule has 1 amide bonds. The van der Waals surface area contributed by atoms with Crippen LogP contribution in [0.15, 0.2) is 53.7 Å². The third kappa shape index (κ3) is 7.81. The maximum absolute atomic E-state index is 13.5. The van der Waals surface area contributed by atoms with Crippen LogP contribution in [-0.2, 0) is 31.3 Å². The molecule has 4 heterocycles. The number of nitrogens with zero attached hydrogens (tertiary/aromatic N) is 4. The molecule has 1 aromatic carbocycles. The smallest absolute Gasteiger partial charge is 0.370 e. The molecule has 3 fully saturated rings. The van der Waals surface area contributed by atoms with E-state index in [-0.39, 0.29) is 18.9 Å². The Hall–Kier alpha value is -2.54. The van der Waals surface area contributed by atoms with E-state index in [0.29, 0.717) is 51.4 Å². The van der Waals surface area contributed by atoms with E-state index >= 15 is 0 Å². The fourth-order valence-corrected chi connectivity index (χ4v) is 8.54. The Morgan fingerprint density at radius 3 is 2.43 bits per heavy atom. The lowest BCUT2D eigenvalue weighted by atomic mass is 9.84. The highest BCUT2D eigenvalue weighted by Gasteiger charge is 2.41. The van der Waals surface area contributed by atoms with E-state index in [1.807, 2.05) is 18.3 Å². The molecule has 0 radical (unpaired) electrons. The molecule has 242 valence electrons. The van der Waals surface area contributed by atoms with E-state index in [0.717, 1.165) is 50.2 Å². The van der Waals surface area contributed by atoms with Gasteiger partial charge in [-0.2, -0.15) is 17.5 Å². The normalized spacial score (nSPS) is 22.2. The fourth-order valence-electron chi connectivity index (χ4n) is 6.80. The van der Waals surface area contributed by atoms with Crippen LogP contribution in [0.25, 0.3) is 0 Å². The van der Waals surface area contributed by atoms with Crippen molar-refractivity contribution in [1.29, 1.82) is 0 Å². The van der Waals surface area contributed by atoms with E-state index in [1.54, 1.807) is 11.1 Å². The molecule has 12 heteroatoms. The number of sulfonamides is 1. The number of amides is 1. The summed E-state index contributed by atoms with van der Waals surface area (Å²) < 4.78 is 74.8. The Morgan fingerprint density at radius 1 is 0.977 bits per heavy atom. The van der Waals surface area contributed by atoms with Crippen molar-refractivity contribution in [1.82, 2.24) is 19.1 Å². The van der Waals surface area contributed by atoms with Crippen LogP contribution in [0.3, 0.4) is 0 Å². The summed E-state index contributed by atoms with van der Waals surface area (Å²) in [4.78, 5) is 21.7. The number of ether oxygens (including phenoxy) is 1. The van der Waals surface area contributed by atoms with Gasteiger partial charge >= 0.3 is 6.18 Å². The van der Waals surface area contributed by atoms with Crippen molar-refractivity contribution in [2.75, 3.05) is 45.9 Å². The second-order valence-electron chi connectivity index (χ2n) is 12.2. The third-order valence-electron chi connectivity index (χ3n) is 9.31. The largest absolute Gasteiger partial charge is 0.416 e. The molecule has 0 saturated carbocycles. The number of benzene rings is 1. The molecule has 1 aromatic heterocycles. The molecular formula is C32H43F3N4O4S. The first-order valence-electron chi connectivity index (χ1n) is 15.8. The molecule has 0 aliphatic carbocycles. The second-order valence-corrected chi connectivity index (χ2v) is 14.1. The van der Waals surface area contributed by atoms with E-state index in [1.165, 1.54) is 29.6 Å². The van der Waals surface area contributed by atoms with Gasteiger partial charge in [0.2, 0.25) is 15.9 Å². The molecule has 0 bridgehead atoms. The van der Waals surface area contributed by atoms with Gasteiger partial charge in [0.05, 0.1) is 16.1 Å². The van der Waals surface area contributed by atoms with Gasteiger partial charge in [-0.3, -0.25) is 9.78 Å². The molecule has 0 N–H and O–H groups in total. The predicted molar refractivity (Wildman–Crippen MR) is 160 cm³/mol. The number of pyridine rings is 1. The first-order valence-corrected chi connectivity index (χ1v) is 17.3. The number of carbonyl (C=O) groups is 1. The summed E-state index contributed by atoms with van der Waals surface area (Å²) in [6.45, 7) is 5.01. The lowest BCUT2D eigenvalue weighted by molar-refractivity contribution is -0.141. The minimum absolute atomic E-state index is 0.00518. The molecule has 8 nitrogen and oxygen atoms in total. The van der Waals surface area contributed by atoms with Gasteiger partial charge in [0.1, 0.15) is 0 Å². The van der Waals surface area contributed by atoms with Crippen LogP contribution in [0.1, 0.15) is 75.3 Å². The SMILES string of the molecule is O=C(CC1CCCCN1S(=O)(=O)c1cccc(C(F)(F)F)c1)N1CCC(OCCCN2CCCCC2)(c2cccnc2)CC1. The maximum Gasteiger partial charge on any atom is 0.416 e. The number of rotatable bonds is 10. The number of aromatic nitrogens is 1. The summed E-state index contributed by atoms with van der Waals surface area (Å²) in [6.07, 6.45) is 6.68. The van der Waals surface area contributed by atoms with Crippen LogP contribution < -0.4 is 0 Å². The van der Waals surface area contributed by atoms with Gasteiger partial charge in [-0.15, -0.1) is 0 Å². The molecule has 5 rings (SSSR count). The van der Waals surface area contributed by atoms with E-state index in [9.17, 15) is 26.4 Å². The van der Waals surface area contributed by atoms with Gasteiger partial charge in [-0.25, -0.2) is 8.42 Å². The lowest BCUT2D eigenvalue weighted by Gasteiger charge is -2.43. The van der Waals surface area contributed by atoms with Gasteiger partial charge in [-0.05, 0) is 82.3 Å². The minimum Gasteiger partial charge on any atom is -0.370 e. The number of alkyl halides is 3. The van der Waals surface area contributed by atoms with Gasteiger partial charge in [0, 0.05) is 63.2 Å². The topological polar surface area (TPSA) is 83.0 Å². The standard InChI is InChI=1S/C32H43F3N4O4S/c33-32(34,35)26-9-6-12-29(23-26)44(41,42)39-19-5-2-11-28(39)24-30(40)38-20-13-31(14-21-38,27-10-7-15-36-25-27)43-22-8-18-37-16-3-1-4-17-37/h6-7,9-10,12,15,23,25,28H,1-5,8,11,13-14,16-22,24H2. The maximum atomic E-state index is 13.5. The van der Waals surface area contributed by atoms with Crippen molar-refractivity contribution in [3.63, 3.8) is 0 Å². The molecule has 3 aliphatic rings. The number of piperidine rings is 3. The molecule has 1 unspecified atom stereocenters. The van der Waals surface area contributed by atoms with Crippen molar-refractivity contribution >= 4 is 15.9 Å². The molecule has 0 spiro atoms. The van der Waals surface area contributed by atoms with Crippen molar-refractivity contribution in [2.24, 2.45) is 0 Å². The Balaban J connectivity index is 1.22. The molecule has 1 atom stereocenters. The van der Waals surface area contributed by atoms with Gasteiger partial charge in [-0.1, -0.05) is 25.0 Å². The Labute approximate surface area is 258 Å². The predicted octanol–water partition coefficient (Wildman–Crippen LogP) is 5.44. The Morgan fingerprint density at radius 2 is 1.73 bits per heavy atom. The van der Waals surface area contributed by atoms with Gasteiger partial charge < -0.3 is 14.5 Å². The summed E-state index contributed by atoms with van der Waals surface area (Å²) in [7, 11) is -4.21. The quantitative estimate of drug-likeness (QED) is 0.323. The summed E-state index contributed by atoms with van der Waals surface area (Å²) in [5.74, 6) is -0.147. The van der Waals surface area contributed by atoms with Crippen molar-refractivity contribution in [3.8, 4) is 0 Å². The Bertz CT molecular complexity index is 1340. The van der Waals surface area contributed by atoms with Crippen LogP contribution >= 0.6 is 0 Å². The van der Waals surface area contributed by atoms with Crippen LogP contribution in [0.2, 0.25) is 0 Å². The summed E-state index contributed by atoms with van der Waals surface area (Å²) >= 11 is 0. The zero-order valence-electron chi connectivity index (χ0n) is 25.2. The highest BCUT2D eigenvalue weighted by molar-refractivity contribution is 7.89. The zero-order chi connectivity index (χ0) is 31.2. The van der Waals surface area contributed by atoms with Crippen LogP contribution in [0.5, 0.6) is 0 Å². The molecule has 44 heavy (non-hydrogen) atoms. The van der Waals surface area contributed by atoms with Gasteiger partial charge in [0.25, 0.3) is 0 Å². The summed E-state index contributed by atoms with van der Waals surface area (Å²) in [5.41, 5.74) is -0.561. The van der Waals surface area contributed by atoms with Crippen molar-refractivity contribution in [3.05, 3.63) is 59.9 Å². The highest BCUT2D eigenvalue weighted by Crippen LogP contribution is 2.38. The summed E-state index contributed by atoms with van der Waals surface area (Å²) in [5, 5.41) is 0. The summed E-state index contributed by atoms with van der Waals surface area (Å²) in [6, 6.07) is 7.15. The average Bonchev–Trinajstić information content (AvgIpc) is 3.04. The van der Waals surface area contributed by atoms with Gasteiger partial charge in [0.15, 0.2) is 0 Å². The number of hydrogen-bond donors (Lipinski definition) is 0. The number of likely N-dealkylation sites (tertiary alicyclic amines) is 2. The minimum atomic E-state index is -4.65. The van der Waals surface area contributed by atoms with Crippen molar-refractivity contribution < 1.29 is 31.1 Å². The van der Waals surface area contributed by atoms with Crippen molar-refractivity contribution in [2.45, 2.75) is 86.9 Å². The van der Waals surface area contributed by atoms with Crippen LogP contribution in [0, 0.1) is 0 Å². The molecule has 3 saturated heterocycles. The van der Waals surface area contributed by atoms with Crippen LogP contribution in [-0.4, -0.2) is 85.3 Å². The zero-order valence-corrected chi connectivity index (χ0v) is 26.0.